The summed E-state index contributed by atoms with van der Waals surface area (Å²) >= 11 is 0. The Labute approximate surface area is 224 Å². The van der Waals surface area contributed by atoms with Crippen molar-refractivity contribution in [2.75, 3.05) is 54.1 Å². The normalized spacial score (nSPS) is 16.7. The maximum atomic E-state index is 13.4. The first-order valence-corrected chi connectivity index (χ1v) is 12.8. The number of rotatable bonds is 12. The van der Waals surface area contributed by atoms with E-state index in [4.69, 9.17) is 18.9 Å². The number of aliphatic hydroxyl groups excluding tert-OH is 1. The number of carbonyl (C=O) groups excluding carboxylic acids is 2. The Morgan fingerprint density at radius 1 is 0.947 bits per heavy atom. The number of carbonyl (C=O) groups is 2. The monoisotopic (exact) mass is 526 g/mol. The Kier molecular flexibility index (Phi) is 9.63. The number of Topliss-reactive ketones (excluding diaryl/α,β-unsaturated/α-hetero) is 1. The molecule has 1 atom stereocenters. The third-order valence-electron chi connectivity index (χ3n) is 6.84. The van der Waals surface area contributed by atoms with Gasteiger partial charge in [0.05, 0.1) is 39.6 Å². The van der Waals surface area contributed by atoms with Crippen LogP contribution in [0.15, 0.2) is 35.9 Å². The number of nitrogens with zero attached hydrogens (tertiary/aromatic N) is 2. The van der Waals surface area contributed by atoms with Gasteiger partial charge >= 0.3 is 0 Å². The van der Waals surface area contributed by atoms with Crippen LogP contribution in [0.5, 0.6) is 23.0 Å². The third kappa shape index (κ3) is 5.57. The number of ketones is 1. The third-order valence-corrected chi connectivity index (χ3v) is 6.84. The number of amides is 1. The van der Waals surface area contributed by atoms with Gasteiger partial charge < -0.3 is 33.9 Å². The van der Waals surface area contributed by atoms with Crippen LogP contribution in [0.3, 0.4) is 0 Å². The Hall–Kier alpha value is -3.72. The van der Waals surface area contributed by atoms with Gasteiger partial charge in [-0.3, -0.25) is 9.59 Å². The highest BCUT2D eigenvalue weighted by molar-refractivity contribution is 6.46. The van der Waals surface area contributed by atoms with Gasteiger partial charge in [0.1, 0.15) is 11.5 Å². The highest BCUT2D eigenvalue weighted by Crippen LogP contribution is 2.45. The molecule has 0 bridgehead atoms. The van der Waals surface area contributed by atoms with Gasteiger partial charge in [-0.25, -0.2) is 0 Å². The number of likely N-dealkylation sites (N-methyl/N-ethyl adjacent to an activating group) is 1. The standard InChI is InChI=1S/C29H38N2O7/c1-8-30(9-2)13-14-31-25(20-16-22(35-5)28(37-7)23(17-20)36-6)24(27(33)29(31)34)26(32)19-11-12-21(38-10-3)18(4)15-19/h11-12,15-17,25,32H,8-10,13-14H2,1-7H3/b26-24+. The van der Waals surface area contributed by atoms with Crippen LogP contribution in [-0.4, -0.2) is 80.7 Å². The number of aliphatic hydroxyl groups is 1. The Bertz CT molecular complexity index is 1180. The summed E-state index contributed by atoms with van der Waals surface area (Å²) in [7, 11) is 4.51. The van der Waals surface area contributed by atoms with Crippen LogP contribution in [0.4, 0.5) is 0 Å². The van der Waals surface area contributed by atoms with Gasteiger partial charge in [0.2, 0.25) is 5.75 Å². The number of ether oxygens (including phenoxy) is 4. The van der Waals surface area contributed by atoms with Crippen molar-refractivity contribution in [2.24, 2.45) is 0 Å². The summed E-state index contributed by atoms with van der Waals surface area (Å²) < 4.78 is 22.2. The fraction of sp³-hybridized carbons (Fsp3) is 0.448. The van der Waals surface area contributed by atoms with E-state index in [0.29, 0.717) is 53.8 Å². The zero-order valence-corrected chi connectivity index (χ0v) is 23.3. The Balaban J connectivity index is 2.22. The quantitative estimate of drug-likeness (QED) is 0.250. The van der Waals surface area contributed by atoms with Gasteiger partial charge in [0, 0.05) is 18.7 Å². The van der Waals surface area contributed by atoms with E-state index in [1.807, 2.05) is 27.7 Å². The second-order valence-electron chi connectivity index (χ2n) is 8.89. The second kappa shape index (κ2) is 12.7. The molecule has 1 aliphatic heterocycles. The molecule has 0 aromatic heterocycles. The zero-order chi connectivity index (χ0) is 28.0. The van der Waals surface area contributed by atoms with E-state index < -0.39 is 17.7 Å². The summed E-state index contributed by atoms with van der Waals surface area (Å²) in [6.07, 6.45) is 0. The van der Waals surface area contributed by atoms with Crippen molar-refractivity contribution in [2.45, 2.75) is 33.7 Å². The molecule has 1 saturated heterocycles. The molecule has 1 N–H and O–H groups in total. The first-order valence-electron chi connectivity index (χ1n) is 12.8. The largest absolute Gasteiger partial charge is 0.507 e. The summed E-state index contributed by atoms with van der Waals surface area (Å²) in [4.78, 5) is 30.5. The minimum Gasteiger partial charge on any atom is -0.507 e. The minimum absolute atomic E-state index is 0.00683. The average Bonchev–Trinajstić information content (AvgIpc) is 3.18. The zero-order valence-electron chi connectivity index (χ0n) is 23.3. The van der Waals surface area contributed by atoms with Gasteiger partial charge in [-0.2, -0.15) is 0 Å². The molecule has 1 heterocycles. The minimum atomic E-state index is -0.855. The molecule has 3 rings (SSSR count). The molecule has 1 amide bonds. The van der Waals surface area contributed by atoms with Crippen molar-refractivity contribution < 1.29 is 33.6 Å². The maximum absolute atomic E-state index is 13.4. The molecular weight excluding hydrogens is 488 g/mol. The second-order valence-corrected chi connectivity index (χ2v) is 8.89. The van der Waals surface area contributed by atoms with Crippen molar-refractivity contribution in [3.05, 3.63) is 52.6 Å². The van der Waals surface area contributed by atoms with E-state index in [1.165, 1.54) is 26.2 Å². The predicted octanol–water partition coefficient (Wildman–Crippen LogP) is 4.18. The van der Waals surface area contributed by atoms with E-state index >= 15 is 0 Å². The van der Waals surface area contributed by atoms with E-state index in [0.717, 1.165) is 18.7 Å². The topological polar surface area (TPSA) is 97.8 Å². The smallest absolute Gasteiger partial charge is 0.295 e. The van der Waals surface area contributed by atoms with Crippen molar-refractivity contribution in [3.8, 4) is 23.0 Å². The predicted molar refractivity (Wildman–Crippen MR) is 145 cm³/mol. The summed E-state index contributed by atoms with van der Waals surface area (Å²) in [5.74, 6) is 0.179. The molecule has 1 aliphatic rings. The SMILES string of the molecule is CCOc1ccc(/C(O)=C2\C(=O)C(=O)N(CCN(CC)CC)C2c2cc(OC)c(OC)c(OC)c2)cc1C. The molecule has 1 unspecified atom stereocenters. The number of aryl methyl sites for hydroxylation is 1. The van der Waals surface area contributed by atoms with Gasteiger partial charge in [0.15, 0.2) is 11.5 Å². The van der Waals surface area contributed by atoms with Crippen LogP contribution >= 0.6 is 0 Å². The van der Waals surface area contributed by atoms with Crippen LogP contribution in [0, 0.1) is 6.92 Å². The Morgan fingerprint density at radius 3 is 2.08 bits per heavy atom. The van der Waals surface area contributed by atoms with Crippen LogP contribution in [0.25, 0.3) is 5.76 Å². The summed E-state index contributed by atoms with van der Waals surface area (Å²) in [5.41, 5.74) is 1.79. The number of hydrogen-bond acceptors (Lipinski definition) is 8. The summed E-state index contributed by atoms with van der Waals surface area (Å²) in [6, 6.07) is 7.74. The first kappa shape index (κ1) is 28.8. The molecule has 9 nitrogen and oxygen atoms in total. The van der Waals surface area contributed by atoms with Crippen LogP contribution in [0.2, 0.25) is 0 Å². The molecule has 1 fully saturated rings. The van der Waals surface area contributed by atoms with E-state index in [2.05, 4.69) is 4.90 Å². The lowest BCUT2D eigenvalue weighted by atomic mass is 9.94. The molecule has 206 valence electrons. The fourth-order valence-electron chi connectivity index (χ4n) is 4.78. The molecule has 0 aliphatic carbocycles. The van der Waals surface area contributed by atoms with E-state index in [-0.39, 0.29) is 11.3 Å². The van der Waals surface area contributed by atoms with E-state index in [9.17, 15) is 14.7 Å². The molecule has 38 heavy (non-hydrogen) atoms. The molecule has 9 heteroatoms. The van der Waals surface area contributed by atoms with Crippen LogP contribution in [-0.2, 0) is 9.59 Å². The Morgan fingerprint density at radius 2 is 1.58 bits per heavy atom. The van der Waals surface area contributed by atoms with Crippen LogP contribution < -0.4 is 18.9 Å². The number of methoxy groups -OCH3 is 3. The highest BCUT2D eigenvalue weighted by Gasteiger charge is 2.46. The number of likely N-dealkylation sites (tertiary alicyclic amines) is 1. The van der Waals surface area contributed by atoms with Crippen molar-refractivity contribution in [3.63, 3.8) is 0 Å². The molecule has 2 aromatic rings. The van der Waals surface area contributed by atoms with Crippen molar-refractivity contribution in [1.29, 1.82) is 0 Å². The molecule has 2 aromatic carbocycles. The van der Waals surface area contributed by atoms with Gasteiger partial charge in [-0.1, -0.05) is 13.8 Å². The van der Waals surface area contributed by atoms with Crippen LogP contribution in [0.1, 0.15) is 43.5 Å². The fourth-order valence-corrected chi connectivity index (χ4v) is 4.78. The summed E-state index contributed by atoms with van der Waals surface area (Å²) in [5, 5.41) is 11.5. The lowest BCUT2D eigenvalue weighted by Gasteiger charge is -2.29. The van der Waals surface area contributed by atoms with E-state index in [1.54, 1.807) is 30.3 Å². The molecule has 0 spiro atoms. The van der Waals surface area contributed by atoms with Crippen molar-refractivity contribution >= 4 is 17.4 Å². The van der Waals surface area contributed by atoms with Crippen molar-refractivity contribution in [1.82, 2.24) is 9.80 Å². The summed E-state index contributed by atoms with van der Waals surface area (Å²) in [6.45, 7) is 10.8. The first-order chi connectivity index (χ1) is 18.3. The molecule has 0 saturated carbocycles. The van der Waals surface area contributed by atoms with Gasteiger partial charge in [-0.15, -0.1) is 0 Å². The lowest BCUT2D eigenvalue weighted by molar-refractivity contribution is -0.140. The number of hydrogen-bond donors (Lipinski definition) is 1. The highest BCUT2D eigenvalue weighted by atomic mass is 16.5. The number of benzene rings is 2. The van der Waals surface area contributed by atoms with Gasteiger partial charge in [-0.05, 0) is 68.4 Å². The molecule has 0 radical (unpaired) electrons. The molecular formula is C29H38N2O7. The average molecular weight is 527 g/mol. The maximum Gasteiger partial charge on any atom is 0.295 e. The van der Waals surface area contributed by atoms with Gasteiger partial charge in [0.25, 0.3) is 11.7 Å². The lowest BCUT2D eigenvalue weighted by Crippen LogP contribution is -2.38.